The Morgan fingerprint density at radius 3 is 2.69 bits per heavy atom. The summed E-state index contributed by atoms with van der Waals surface area (Å²) in [5.41, 5.74) is 2.94. The highest BCUT2D eigenvalue weighted by molar-refractivity contribution is 6.05. The molecule has 1 aliphatic heterocycles. The number of hydrogen-bond acceptors (Lipinski definition) is 5. The van der Waals surface area contributed by atoms with Gasteiger partial charge in [-0.05, 0) is 49.2 Å². The lowest BCUT2D eigenvalue weighted by Crippen LogP contribution is -2.49. The number of nitriles is 1. The van der Waals surface area contributed by atoms with Crippen LogP contribution in [-0.4, -0.2) is 34.9 Å². The van der Waals surface area contributed by atoms with Gasteiger partial charge in [0.25, 0.3) is 11.6 Å². The van der Waals surface area contributed by atoms with Crippen molar-refractivity contribution >= 4 is 29.0 Å². The van der Waals surface area contributed by atoms with E-state index in [2.05, 4.69) is 11.4 Å². The highest BCUT2D eigenvalue weighted by Crippen LogP contribution is 2.26. The number of nitro groups is 1. The molecule has 3 amide bonds. The second-order valence-corrected chi connectivity index (χ2v) is 8.24. The highest BCUT2D eigenvalue weighted by Gasteiger charge is 2.27. The third-order valence-electron chi connectivity index (χ3n) is 5.89. The molecule has 0 radical (unpaired) electrons. The molecule has 4 rings (SSSR count). The highest BCUT2D eigenvalue weighted by atomic mass is 16.6. The number of urea groups is 1. The Morgan fingerprint density at radius 2 is 1.91 bits per heavy atom. The number of aryl methyl sites for hydroxylation is 1. The molecule has 3 aromatic carbocycles. The first-order valence-corrected chi connectivity index (χ1v) is 11.1. The number of nitrogens with zero attached hydrogens (tertiary/aromatic N) is 4. The summed E-state index contributed by atoms with van der Waals surface area (Å²) < 4.78 is 0. The summed E-state index contributed by atoms with van der Waals surface area (Å²) in [4.78, 5) is 40.0. The number of nitrogens with one attached hydrogen (secondary N) is 1. The van der Waals surface area contributed by atoms with E-state index in [-0.39, 0.29) is 17.3 Å². The molecule has 35 heavy (non-hydrogen) atoms. The van der Waals surface area contributed by atoms with Gasteiger partial charge in [-0.25, -0.2) is 4.79 Å². The van der Waals surface area contributed by atoms with E-state index in [9.17, 15) is 25.0 Å². The number of rotatable bonds is 6. The van der Waals surface area contributed by atoms with Gasteiger partial charge in [-0.15, -0.1) is 0 Å². The zero-order valence-electron chi connectivity index (χ0n) is 19.1. The molecule has 0 bridgehead atoms. The smallest absolute Gasteiger partial charge is 0.322 e. The molecule has 9 nitrogen and oxygen atoms in total. The molecule has 1 heterocycles. The van der Waals surface area contributed by atoms with Crippen LogP contribution in [-0.2, 0) is 6.54 Å². The number of nitro benzene ring substituents is 1. The zero-order valence-corrected chi connectivity index (χ0v) is 19.1. The summed E-state index contributed by atoms with van der Waals surface area (Å²) in [6.07, 6.45) is 0.754. The normalized spacial score (nSPS) is 13.3. The van der Waals surface area contributed by atoms with Crippen LogP contribution in [0.1, 0.15) is 33.5 Å². The van der Waals surface area contributed by atoms with E-state index in [1.54, 1.807) is 53.1 Å². The fourth-order valence-corrected chi connectivity index (χ4v) is 4.04. The van der Waals surface area contributed by atoms with Gasteiger partial charge in [0.1, 0.15) is 0 Å². The number of carbonyl (C=O) groups is 2. The second-order valence-electron chi connectivity index (χ2n) is 8.24. The predicted octanol–water partition coefficient (Wildman–Crippen LogP) is 4.86. The number of anilines is 2. The Balaban J connectivity index is 1.51. The van der Waals surface area contributed by atoms with Crippen molar-refractivity contribution in [2.75, 3.05) is 23.3 Å². The number of amides is 3. The van der Waals surface area contributed by atoms with E-state index >= 15 is 0 Å². The fourth-order valence-electron chi connectivity index (χ4n) is 4.04. The standard InChI is InChI=1S/C26H23N5O4/c1-18-10-11-19(14-24(18)31(34)35)25(32)28-22-8-4-9-23(15-22)30-13-5-12-29(26(30)33)17-21-7-3-2-6-20(21)16-27/h2-4,6-11,14-15H,5,12-13,17H2,1H3,(H,28,32). The van der Waals surface area contributed by atoms with Crippen molar-refractivity contribution in [1.29, 1.82) is 5.26 Å². The van der Waals surface area contributed by atoms with Crippen molar-refractivity contribution < 1.29 is 14.5 Å². The van der Waals surface area contributed by atoms with Crippen LogP contribution in [0, 0.1) is 28.4 Å². The van der Waals surface area contributed by atoms with Crippen LogP contribution in [0.15, 0.2) is 66.7 Å². The average molecular weight is 470 g/mol. The Bertz CT molecular complexity index is 1350. The topological polar surface area (TPSA) is 120 Å². The molecule has 0 atom stereocenters. The van der Waals surface area contributed by atoms with E-state index in [0.29, 0.717) is 42.1 Å². The van der Waals surface area contributed by atoms with Gasteiger partial charge in [0, 0.05) is 48.2 Å². The molecule has 9 heteroatoms. The maximum absolute atomic E-state index is 13.2. The lowest BCUT2D eigenvalue weighted by Gasteiger charge is -2.36. The summed E-state index contributed by atoms with van der Waals surface area (Å²) in [5, 5.41) is 23.3. The molecule has 3 aromatic rings. The van der Waals surface area contributed by atoms with Gasteiger partial charge in [-0.3, -0.25) is 19.8 Å². The SMILES string of the molecule is Cc1ccc(C(=O)Nc2cccc(N3CCCN(Cc4ccccc4C#N)C3=O)c2)cc1[N+](=O)[O-]. The molecule has 1 aliphatic rings. The van der Waals surface area contributed by atoms with E-state index in [1.165, 1.54) is 18.2 Å². The van der Waals surface area contributed by atoms with Gasteiger partial charge in [0.05, 0.1) is 16.6 Å². The first-order valence-electron chi connectivity index (χ1n) is 11.1. The van der Waals surface area contributed by atoms with Crippen LogP contribution >= 0.6 is 0 Å². The van der Waals surface area contributed by atoms with Gasteiger partial charge >= 0.3 is 6.03 Å². The molecule has 0 aromatic heterocycles. The summed E-state index contributed by atoms with van der Waals surface area (Å²) >= 11 is 0. The van der Waals surface area contributed by atoms with Crippen LogP contribution in [0.3, 0.4) is 0 Å². The summed E-state index contributed by atoms with van der Waals surface area (Å²) in [6, 6.07) is 20.4. The van der Waals surface area contributed by atoms with E-state index in [1.807, 2.05) is 12.1 Å². The summed E-state index contributed by atoms with van der Waals surface area (Å²) in [7, 11) is 0. The van der Waals surface area contributed by atoms with Crippen molar-refractivity contribution in [3.8, 4) is 6.07 Å². The average Bonchev–Trinajstić information content (AvgIpc) is 2.86. The van der Waals surface area contributed by atoms with Crippen LogP contribution in [0.4, 0.5) is 21.9 Å². The molecule has 0 unspecified atom stereocenters. The lowest BCUT2D eigenvalue weighted by molar-refractivity contribution is -0.385. The molecular weight excluding hydrogens is 446 g/mol. The summed E-state index contributed by atoms with van der Waals surface area (Å²) in [5.74, 6) is -0.482. The second kappa shape index (κ2) is 10.1. The summed E-state index contributed by atoms with van der Waals surface area (Å²) in [6.45, 7) is 3.05. The first-order chi connectivity index (χ1) is 16.9. The van der Waals surface area contributed by atoms with Crippen molar-refractivity contribution in [2.24, 2.45) is 0 Å². The fraction of sp³-hybridized carbons (Fsp3) is 0.192. The molecule has 1 fully saturated rings. The van der Waals surface area contributed by atoms with Gasteiger partial charge in [0.15, 0.2) is 0 Å². The molecule has 176 valence electrons. The van der Waals surface area contributed by atoms with E-state index in [4.69, 9.17) is 0 Å². The maximum Gasteiger partial charge on any atom is 0.324 e. The molecule has 1 saturated heterocycles. The van der Waals surface area contributed by atoms with Gasteiger partial charge in [-0.2, -0.15) is 5.26 Å². The molecular formula is C26H23N5O4. The molecule has 0 spiro atoms. The van der Waals surface area contributed by atoms with E-state index < -0.39 is 10.8 Å². The van der Waals surface area contributed by atoms with Crippen molar-refractivity contribution in [3.63, 3.8) is 0 Å². The minimum Gasteiger partial charge on any atom is -0.322 e. The number of hydrogen-bond donors (Lipinski definition) is 1. The Hall–Kier alpha value is -4.71. The van der Waals surface area contributed by atoms with Gasteiger partial charge in [0.2, 0.25) is 0 Å². The maximum atomic E-state index is 13.2. The van der Waals surface area contributed by atoms with Gasteiger partial charge in [-0.1, -0.05) is 30.3 Å². The Kier molecular flexibility index (Phi) is 6.73. The van der Waals surface area contributed by atoms with Crippen molar-refractivity contribution in [3.05, 3.63) is 99.1 Å². The number of benzene rings is 3. The lowest BCUT2D eigenvalue weighted by atomic mass is 10.1. The van der Waals surface area contributed by atoms with Crippen LogP contribution < -0.4 is 10.2 Å². The van der Waals surface area contributed by atoms with Crippen LogP contribution in [0.5, 0.6) is 0 Å². The van der Waals surface area contributed by atoms with Crippen molar-refractivity contribution in [1.82, 2.24) is 4.90 Å². The predicted molar refractivity (Wildman–Crippen MR) is 131 cm³/mol. The monoisotopic (exact) mass is 469 g/mol. The third kappa shape index (κ3) is 5.12. The first kappa shape index (κ1) is 23.4. The quantitative estimate of drug-likeness (QED) is 0.408. The Labute approximate surface area is 202 Å². The molecule has 0 aliphatic carbocycles. The van der Waals surface area contributed by atoms with Gasteiger partial charge < -0.3 is 10.2 Å². The van der Waals surface area contributed by atoms with Crippen LogP contribution in [0.2, 0.25) is 0 Å². The molecule has 0 saturated carbocycles. The zero-order chi connectivity index (χ0) is 24.9. The van der Waals surface area contributed by atoms with Crippen LogP contribution in [0.25, 0.3) is 0 Å². The minimum absolute atomic E-state index is 0.122. The van der Waals surface area contributed by atoms with Crippen molar-refractivity contribution in [2.45, 2.75) is 19.9 Å². The minimum atomic E-state index is -0.518. The largest absolute Gasteiger partial charge is 0.324 e. The Morgan fingerprint density at radius 1 is 1.11 bits per heavy atom. The number of carbonyl (C=O) groups excluding carboxylic acids is 2. The molecule has 1 N–H and O–H groups in total. The van der Waals surface area contributed by atoms with E-state index in [0.717, 1.165) is 12.0 Å². The third-order valence-corrected chi connectivity index (χ3v) is 5.89.